The van der Waals surface area contributed by atoms with Crippen LogP contribution in [0.4, 0.5) is 4.79 Å². The molecule has 1 aromatic carbocycles. The second kappa shape index (κ2) is 8.00. The number of amides is 2. The van der Waals surface area contributed by atoms with Gasteiger partial charge in [0, 0.05) is 39.3 Å². The lowest BCUT2D eigenvalue weighted by Gasteiger charge is -2.13. The van der Waals surface area contributed by atoms with Gasteiger partial charge in [-0.15, -0.1) is 0 Å². The van der Waals surface area contributed by atoms with Crippen LogP contribution in [-0.2, 0) is 6.54 Å². The zero-order valence-electron chi connectivity index (χ0n) is 11.8. The zero-order valence-corrected chi connectivity index (χ0v) is 11.8. The SMILES string of the molecule is CN(C)C(=O)NCCNCc1ccccc1/C(N)=N/O. The molecule has 0 atom stereocenters. The van der Waals surface area contributed by atoms with Gasteiger partial charge >= 0.3 is 6.03 Å². The number of nitrogens with two attached hydrogens (primary N) is 1. The van der Waals surface area contributed by atoms with Gasteiger partial charge in [0.25, 0.3) is 0 Å². The summed E-state index contributed by atoms with van der Waals surface area (Å²) in [6, 6.07) is 7.29. The Balaban J connectivity index is 2.41. The summed E-state index contributed by atoms with van der Waals surface area (Å²) in [5.41, 5.74) is 7.23. The van der Waals surface area contributed by atoms with Crippen LogP contribution in [0.15, 0.2) is 29.4 Å². The number of carbonyl (C=O) groups is 1. The molecule has 0 spiro atoms. The molecule has 7 nitrogen and oxygen atoms in total. The van der Waals surface area contributed by atoms with Crippen LogP contribution >= 0.6 is 0 Å². The standard InChI is InChI=1S/C13H21N5O2/c1-18(2)13(19)16-8-7-15-9-10-5-3-4-6-11(10)12(14)17-20/h3-6,15,20H,7-9H2,1-2H3,(H2,14,17)(H,16,19). The smallest absolute Gasteiger partial charge is 0.316 e. The van der Waals surface area contributed by atoms with Gasteiger partial charge in [0.05, 0.1) is 0 Å². The van der Waals surface area contributed by atoms with Crippen molar-refractivity contribution in [2.45, 2.75) is 6.54 Å². The number of oxime groups is 1. The first-order chi connectivity index (χ1) is 9.56. The predicted octanol–water partition coefficient (Wildman–Crippen LogP) is 0.142. The first-order valence-corrected chi connectivity index (χ1v) is 6.28. The van der Waals surface area contributed by atoms with Gasteiger partial charge in [-0.2, -0.15) is 0 Å². The molecule has 0 unspecified atom stereocenters. The number of benzene rings is 1. The monoisotopic (exact) mass is 279 g/mol. The van der Waals surface area contributed by atoms with E-state index in [1.54, 1.807) is 20.2 Å². The van der Waals surface area contributed by atoms with Gasteiger partial charge in [-0.05, 0) is 5.56 Å². The highest BCUT2D eigenvalue weighted by molar-refractivity contribution is 5.98. The number of amidine groups is 1. The lowest BCUT2D eigenvalue weighted by molar-refractivity contribution is 0.217. The van der Waals surface area contributed by atoms with E-state index >= 15 is 0 Å². The van der Waals surface area contributed by atoms with E-state index < -0.39 is 0 Å². The van der Waals surface area contributed by atoms with E-state index in [0.717, 1.165) is 5.56 Å². The van der Waals surface area contributed by atoms with Crippen LogP contribution in [0.2, 0.25) is 0 Å². The van der Waals surface area contributed by atoms with Gasteiger partial charge in [-0.3, -0.25) is 0 Å². The molecule has 5 N–H and O–H groups in total. The first kappa shape index (κ1) is 15.8. The Morgan fingerprint density at radius 3 is 2.70 bits per heavy atom. The van der Waals surface area contributed by atoms with E-state index in [1.165, 1.54) is 4.90 Å². The Morgan fingerprint density at radius 1 is 1.35 bits per heavy atom. The normalized spacial score (nSPS) is 11.2. The van der Waals surface area contributed by atoms with Crippen LogP contribution in [0.25, 0.3) is 0 Å². The van der Waals surface area contributed by atoms with Crippen molar-refractivity contribution in [1.82, 2.24) is 15.5 Å². The number of hydrogen-bond donors (Lipinski definition) is 4. The molecule has 0 fully saturated rings. The molecule has 7 heteroatoms. The van der Waals surface area contributed by atoms with E-state index in [0.29, 0.717) is 25.2 Å². The molecular weight excluding hydrogens is 258 g/mol. The van der Waals surface area contributed by atoms with Crippen molar-refractivity contribution < 1.29 is 10.0 Å². The van der Waals surface area contributed by atoms with Crippen molar-refractivity contribution in [3.8, 4) is 0 Å². The Morgan fingerprint density at radius 2 is 2.05 bits per heavy atom. The van der Waals surface area contributed by atoms with Crippen LogP contribution < -0.4 is 16.4 Å². The lowest BCUT2D eigenvalue weighted by Crippen LogP contribution is -2.38. The maximum absolute atomic E-state index is 11.3. The molecule has 1 aromatic rings. The number of nitrogens with zero attached hydrogens (tertiary/aromatic N) is 2. The van der Waals surface area contributed by atoms with Crippen molar-refractivity contribution in [2.24, 2.45) is 10.9 Å². The van der Waals surface area contributed by atoms with Gasteiger partial charge in [0.15, 0.2) is 5.84 Å². The fourth-order valence-corrected chi connectivity index (χ4v) is 1.62. The highest BCUT2D eigenvalue weighted by Crippen LogP contribution is 2.07. The van der Waals surface area contributed by atoms with E-state index in [9.17, 15) is 4.79 Å². The Kier molecular flexibility index (Phi) is 6.31. The summed E-state index contributed by atoms with van der Waals surface area (Å²) < 4.78 is 0. The molecule has 0 aliphatic carbocycles. The largest absolute Gasteiger partial charge is 0.409 e. The average molecular weight is 279 g/mol. The number of carbonyl (C=O) groups excluding carboxylic acids is 1. The molecule has 0 bridgehead atoms. The van der Waals surface area contributed by atoms with Gasteiger partial charge in [0.2, 0.25) is 0 Å². The molecule has 1 rings (SSSR count). The summed E-state index contributed by atoms with van der Waals surface area (Å²) in [4.78, 5) is 12.8. The molecule has 2 amide bonds. The highest BCUT2D eigenvalue weighted by atomic mass is 16.4. The van der Waals surface area contributed by atoms with Crippen molar-refractivity contribution >= 4 is 11.9 Å². The number of rotatable bonds is 6. The molecule has 110 valence electrons. The van der Waals surface area contributed by atoms with E-state index in [1.807, 2.05) is 18.2 Å². The molecule has 0 aliphatic rings. The Bertz CT molecular complexity index is 474. The van der Waals surface area contributed by atoms with Crippen molar-refractivity contribution in [3.63, 3.8) is 0 Å². The van der Waals surface area contributed by atoms with Crippen molar-refractivity contribution in [2.75, 3.05) is 27.2 Å². The van der Waals surface area contributed by atoms with E-state index in [-0.39, 0.29) is 11.9 Å². The summed E-state index contributed by atoms with van der Waals surface area (Å²) in [6.07, 6.45) is 0. The third-order valence-corrected chi connectivity index (χ3v) is 2.70. The van der Waals surface area contributed by atoms with E-state index in [4.69, 9.17) is 10.9 Å². The molecule has 0 aliphatic heterocycles. The van der Waals surface area contributed by atoms with E-state index in [2.05, 4.69) is 15.8 Å². The predicted molar refractivity (Wildman–Crippen MR) is 77.7 cm³/mol. The second-order valence-electron chi connectivity index (χ2n) is 4.45. The third kappa shape index (κ3) is 4.77. The molecular formula is C13H21N5O2. The van der Waals surface area contributed by atoms with Gasteiger partial charge < -0.3 is 26.5 Å². The lowest BCUT2D eigenvalue weighted by atomic mass is 10.1. The summed E-state index contributed by atoms with van der Waals surface area (Å²) in [5, 5.41) is 17.7. The van der Waals surface area contributed by atoms with Gasteiger partial charge in [-0.1, -0.05) is 29.4 Å². The number of urea groups is 1. The Hall–Kier alpha value is -2.28. The molecule has 0 saturated heterocycles. The number of nitrogens with one attached hydrogen (secondary N) is 2. The maximum atomic E-state index is 11.3. The molecule has 20 heavy (non-hydrogen) atoms. The minimum absolute atomic E-state index is 0.0864. The quantitative estimate of drug-likeness (QED) is 0.195. The van der Waals surface area contributed by atoms with Crippen LogP contribution in [0.1, 0.15) is 11.1 Å². The third-order valence-electron chi connectivity index (χ3n) is 2.70. The van der Waals surface area contributed by atoms with Crippen molar-refractivity contribution in [1.29, 1.82) is 0 Å². The van der Waals surface area contributed by atoms with Crippen LogP contribution in [0.3, 0.4) is 0 Å². The minimum Gasteiger partial charge on any atom is -0.409 e. The summed E-state index contributed by atoms with van der Waals surface area (Å²) in [5.74, 6) is 0.0864. The van der Waals surface area contributed by atoms with Crippen LogP contribution in [0, 0.1) is 0 Å². The fraction of sp³-hybridized carbons (Fsp3) is 0.385. The second-order valence-corrected chi connectivity index (χ2v) is 4.45. The minimum atomic E-state index is -0.121. The molecule has 0 aromatic heterocycles. The Labute approximate surface area is 118 Å². The van der Waals surface area contributed by atoms with Gasteiger partial charge in [-0.25, -0.2) is 4.79 Å². The summed E-state index contributed by atoms with van der Waals surface area (Å²) in [6.45, 7) is 1.73. The fourth-order valence-electron chi connectivity index (χ4n) is 1.62. The number of hydrogen-bond acceptors (Lipinski definition) is 4. The molecule has 0 heterocycles. The van der Waals surface area contributed by atoms with Gasteiger partial charge in [0.1, 0.15) is 0 Å². The zero-order chi connectivity index (χ0) is 15.0. The molecule has 0 radical (unpaired) electrons. The highest BCUT2D eigenvalue weighted by Gasteiger charge is 2.06. The van der Waals surface area contributed by atoms with Crippen LogP contribution in [-0.4, -0.2) is 49.2 Å². The summed E-state index contributed by atoms with van der Waals surface area (Å²) in [7, 11) is 3.38. The molecule has 0 saturated carbocycles. The van der Waals surface area contributed by atoms with Crippen LogP contribution in [0.5, 0.6) is 0 Å². The van der Waals surface area contributed by atoms with Crippen molar-refractivity contribution in [3.05, 3.63) is 35.4 Å². The summed E-state index contributed by atoms with van der Waals surface area (Å²) >= 11 is 0. The average Bonchev–Trinajstić information content (AvgIpc) is 2.46. The maximum Gasteiger partial charge on any atom is 0.316 e. The topological polar surface area (TPSA) is 103 Å². The first-order valence-electron chi connectivity index (χ1n) is 6.28.